The van der Waals surface area contributed by atoms with Gasteiger partial charge in [-0.15, -0.1) is 0 Å². The Morgan fingerprint density at radius 3 is 2.88 bits per heavy atom. The minimum absolute atomic E-state index is 0.445. The van der Waals surface area contributed by atoms with E-state index in [9.17, 15) is 5.11 Å². The zero-order valence-electron chi connectivity index (χ0n) is 10.9. The van der Waals surface area contributed by atoms with Crippen molar-refractivity contribution in [3.63, 3.8) is 0 Å². The van der Waals surface area contributed by atoms with E-state index in [4.69, 9.17) is 0 Å². The van der Waals surface area contributed by atoms with Crippen molar-refractivity contribution in [1.29, 1.82) is 0 Å². The Hall–Kier alpha value is -1.22. The van der Waals surface area contributed by atoms with E-state index in [1.54, 1.807) is 6.07 Å². The molecule has 1 aliphatic heterocycles. The van der Waals surface area contributed by atoms with Crippen molar-refractivity contribution in [2.45, 2.75) is 38.8 Å². The summed E-state index contributed by atoms with van der Waals surface area (Å²) < 4.78 is 0. The molecule has 1 heterocycles. The number of phenols is 1. The summed E-state index contributed by atoms with van der Waals surface area (Å²) in [5.74, 6) is 0.445. The van der Waals surface area contributed by atoms with Crippen LogP contribution in [0.5, 0.6) is 5.75 Å². The fourth-order valence-corrected chi connectivity index (χ4v) is 2.80. The Morgan fingerprint density at radius 1 is 1.47 bits per heavy atom. The Bertz CT molecular complexity index is 390. The van der Waals surface area contributed by atoms with Crippen molar-refractivity contribution in [2.75, 3.05) is 18.5 Å². The van der Waals surface area contributed by atoms with Gasteiger partial charge in [-0.2, -0.15) is 0 Å². The van der Waals surface area contributed by atoms with Crippen molar-refractivity contribution in [1.82, 2.24) is 5.32 Å². The van der Waals surface area contributed by atoms with Crippen LogP contribution in [0, 0.1) is 0 Å². The van der Waals surface area contributed by atoms with Gasteiger partial charge in [0.15, 0.2) is 0 Å². The van der Waals surface area contributed by atoms with Gasteiger partial charge >= 0.3 is 0 Å². The molecule has 3 nitrogen and oxygen atoms in total. The van der Waals surface area contributed by atoms with Crippen LogP contribution in [0.1, 0.15) is 25.8 Å². The Labute approximate surface area is 103 Å². The molecule has 0 aromatic heterocycles. The van der Waals surface area contributed by atoms with Crippen molar-refractivity contribution < 1.29 is 5.11 Å². The smallest absolute Gasteiger partial charge is 0.120 e. The third-order valence-corrected chi connectivity index (χ3v) is 3.52. The topological polar surface area (TPSA) is 35.5 Å². The molecule has 1 aromatic rings. The first-order valence-corrected chi connectivity index (χ1v) is 6.39. The molecule has 0 aliphatic carbocycles. The van der Waals surface area contributed by atoms with Gasteiger partial charge in [-0.25, -0.2) is 0 Å². The lowest BCUT2D eigenvalue weighted by atomic mass is 10.1. The molecule has 0 saturated heterocycles. The molecule has 1 atom stereocenters. The van der Waals surface area contributed by atoms with E-state index in [2.05, 4.69) is 30.1 Å². The maximum Gasteiger partial charge on any atom is 0.120 e. The number of hydrogen-bond donors (Lipinski definition) is 2. The van der Waals surface area contributed by atoms with Crippen LogP contribution in [-0.2, 0) is 6.42 Å². The molecule has 1 unspecified atom stereocenters. The molecule has 2 rings (SSSR count). The van der Waals surface area contributed by atoms with E-state index < -0.39 is 0 Å². The Balaban J connectivity index is 2.28. The fourth-order valence-electron chi connectivity index (χ4n) is 2.80. The van der Waals surface area contributed by atoms with E-state index in [0.717, 1.165) is 24.9 Å². The molecule has 1 aliphatic rings. The molecule has 94 valence electrons. The lowest BCUT2D eigenvalue weighted by Gasteiger charge is -2.31. The molecule has 0 fully saturated rings. The molecule has 2 N–H and O–H groups in total. The second-order valence-electron chi connectivity index (χ2n) is 5.03. The van der Waals surface area contributed by atoms with Gasteiger partial charge in [0.05, 0.1) is 0 Å². The van der Waals surface area contributed by atoms with Gasteiger partial charge in [-0.05, 0) is 52.4 Å². The average molecular weight is 234 g/mol. The largest absolute Gasteiger partial charge is 0.508 e. The van der Waals surface area contributed by atoms with Crippen LogP contribution in [0.15, 0.2) is 18.2 Å². The first kappa shape index (κ1) is 12.2. The second-order valence-corrected chi connectivity index (χ2v) is 5.03. The number of fused-ring (bicyclic) bond motifs is 1. The third-order valence-electron chi connectivity index (χ3n) is 3.52. The number of nitrogens with one attached hydrogen (secondary N) is 1. The number of phenolic OH excluding ortho intramolecular Hbond substituents is 1. The first-order valence-electron chi connectivity index (χ1n) is 6.39. The summed E-state index contributed by atoms with van der Waals surface area (Å²) in [6, 6.07) is 6.82. The van der Waals surface area contributed by atoms with E-state index in [0.29, 0.717) is 17.8 Å². The highest BCUT2D eigenvalue weighted by molar-refractivity contribution is 5.64. The van der Waals surface area contributed by atoms with E-state index >= 15 is 0 Å². The quantitative estimate of drug-likeness (QED) is 0.838. The van der Waals surface area contributed by atoms with Crippen LogP contribution in [0.25, 0.3) is 0 Å². The van der Waals surface area contributed by atoms with Crippen molar-refractivity contribution in [3.05, 3.63) is 23.8 Å². The molecule has 0 amide bonds. The molecule has 0 bridgehead atoms. The number of nitrogens with zero attached hydrogens (tertiary/aromatic N) is 1. The number of hydrogen-bond acceptors (Lipinski definition) is 3. The van der Waals surface area contributed by atoms with E-state index in [1.165, 1.54) is 5.69 Å². The van der Waals surface area contributed by atoms with Gasteiger partial charge in [0.1, 0.15) is 5.75 Å². The molecular weight excluding hydrogens is 212 g/mol. The average Bonchev–Trinajstić information content (AvgIpc) is 2.66. The maximum atomic E-state index is 9.93. The predicted molar refractivity (Wildman–Crippen MR) is 71.8 cm³/mol. The summed E-state index contributed by atoms with van der Waals surface area (Å²) >= 11 is 0. The summed E-state index contributed by atoms with van der Waals surface area (Å²) in [4.78, 5) is 2.44. The van der Waals surface area contributed by atoms with Crippen LogP contribution in [-0.4, -0.2) is 30.8 Å². The molecule has 1 aromatic carbocycles. The molecule has 0 saturated carbocycles. The standard InChI is InChI=1S/C14H22N2O/c1-10(2)16-11(7-8-15-3)9-12-13(16)5-4-6-14(12)17/h4-6,10-11,15,17H,7-9H2,1-3H3. The monoisotopic (exact) mass is 234 g/mol. The highest BCUT2D eigenvalue weighted by atomic mass is 16.3. The van der Waals surface area contributed by atoms with Gasteiger partial charge in [0.2, 0.25) is 0 Å². The summed E-state index contributed by atoms with van der Waals surface area (Å²) in [5, 5.41) is 13.1. The number of benzene rings is 1. The molecule has 0 radical (unpaired) electrons. The lowest BCUT2D eigenvalue weighted by Crippen LogP contribution is -2.39. The van der Waals surface area contributed by atoms with Crippen LogP contribution < -0.4 is 10.2 Å². The molecule has 0 spiro atoms. The lowest BCUT2D eigenvalue weighted by molar-refractivity contribution is 0.466. The van der Waals surface area contributed by atoms with Gasteiger partial charge in [0.25, 0.3) is 0 Å². The van der Waals surface area contributed by atoms with Crippen LogP contribution in [0.4, 0.5) is 5.69 Å². The fraction of sp³-hybridized carbons (Fsp3) is 0.571. The maximum absolute atomic E-state index is 9.93. The summed E-state index contributed by atoms with van der Waals surface area (Å²) in [7, 11) is 1.99. The predicted octanol–water partition coefficient (Wildman–Crippen LogP) is 2.14. The molecule has 17 heavy (non-hydrogen) atoms. The highest BCUT2D eigenvalue weighted by Crippen LogP contribution is 2.39. The summed E-state index contributed by atoms with van der Waals surface area (Å²) in [6.45, 7) is 5.44. The summed E-state index contributed by atoms with van der Waals surface area (Å²) in [6.07, 6.45) is 2.07. The Kier molecular flexibility index (Phi) is 3.57. The van der Waals surface area contributed by atoms with Crippen molar-refractivity contribution in [2.24, 2.45) is 0 Å². The van der Waals surface area contributed by atoms with Gasteiger partial charge in [-0.3, -0.25) is 0 Å². The first-order chi connectivity index (χ1) is 8.15. The number of anilines is 1. The van der Waals surface area contributed by atoms with Gasteiger partial charge in [0, 0.05) is 23.3 Å². The van der Waals surface area contributed by atoms with Gasteiger partial charge < -0.3 is 15.3 Å². The minimum Gasteiger partial charge on any atom is -0.508 e. The van der Waals surface area contributed by atoms with E-state index in [1.807, 2.05) is 13.1 Å². The van der Waals surface area contributed by atoms with Crippen LogP contribution in [0.2, 0.25) is 0 Å². The number of rotatable bonds is 4. The molecular formula is C14H22N2O. The zero-order chi connectivity index (χ0) is 12.4. The normalized spacial score (nSPS) is 18.8. The van der Waals surface area contributed by atoms with Gasteiger partial charge in [-0.1, -0.05) is 6.07 Å². The Morgan fingerprint density at radius 2 is 2.24 bits per heavy atom. The summed E-state index contributed by atoms with van der Waals surface area (Å²) in [5.41, 5.74) is 2.32. The van der Waals surface area contributed by atoms with Crippen molar-refractivity contribution in [3.8, 4) is 5.75 Å². The van der Waals surface area contributed by atoms with Crippen molar-refractivity contribution >= 4 is 5.69 Å². The van der Waals surface area contributed by atoms with E-state index in [-0.39, 0.29) is 0 Å². The SMILES string of the molecule is CNCCC1Cc2c(O)cccc2N1C(C)C. The van der Waals surface area contributed by atoms with Crippen LogP contribution in [0.3, 0.4) is 0 Å². The van der Waals surface area contributed by atoms with Crippen LogP contribution >= 0.6 is 0 Å². The minimum atomic E-state index is 0.445. The number of aromatic hydroxyl groups is 1. The third kappa shape index (κ3) is 2.25. The zero-order valence-corrected chi connectivity index (χ0v) is 10.9. The molecule has 3 heteroatoms. The second kappa shape index (κ2) is 4.96. The highest BCUT2D eigenvalue weighted by Gasteiger charge is 2.31.